The molecular formula is C21H25BN8O7S2. The maximum absolute atomic E-state index is 13.5. The predicted molar refractivity (Wildman–Crippen MR) is 138 cm³/mol. The molecule has 3 fully saturated rings. The Morgan fingerprint density at radius 3 is 2.77 bits per heavy atom. The third-order valence-corrected chi connectivity index (χ3v) is 8.36. The molecule has 4 atom stereocenters. The van der Waals surface area contributed by atoms with Gasteiger partial charge < -0.3 is 19.6 Å². The molecule has 3 saturated heterocycles. The maximum Gasteiger partial charge on any atom is 0.347 e. The van der Waals surface area contributed by atoms with Gasteiger partial charge in [0, 0.05) is 17.1 Å². The minimum Gasteiger partial charge on any atom is -0.457 e. The van der Waals surface area contributed by atoms with Crippen molar-refractivity contribution in [2.24, 2.45) is 11.1 Å². The van der Waals surface area contributed by atoms with E-state index in [1.165, 1.54) is 32.6 Å². The van der Waals surface area contributed by atoms with Crippen LogP contribution in [0.15, 0.2) is 10.5 Å². The van der Waals surface area contributed by atoms with Gasteiger partial charge in [-0.05, 0) is 32.9 Å². The number of carbonyl (C=O) groups is 4. The Balaban J connectivity index is 1.35. The second-order valence-electron chi connectivity index (χ2n) is 10.1. The number of tetrazole rings is 1. The van der Waals surface area contributed by atoms with Crippen LogP contribution in [-0.2, 0) is 39.2 Å². The summed E-state index contributed by atoms with van der Waals surface area (Å²) in [5.41, 5.74) is -2.14. The standard InChI is InChI=1S/C21H25BN8O7S2/c1-9-23-11(8-38-9)14(26-35-6-13(32)36-20(2,3)4)16(33)24-15-17(34)29-18(15)39-7-10-5-12(31)37-21(10,29)19-25-27-28-30(19)22/h8,10,15,18H,5-7,22H2,1-4H3,(H,24,33)/b26-14-/t10-,15+,18+,21+/m0/s1. The topological polar surface area (TPSA) is 180 Å². The molecule has 3 aliphatic rings. The van der Waals surface area contributed by atoms with Gasteiger partial charge in [0.25, 0.3) is 25.5 Å². The van der Waals surface area contributed by atoms with E-state index in [1.807, 2.05) is 0 Å². The number of thiazole rings is 1. The third-order valence-electron chi connectivity index (χ3n) is 6.17. The number of oxime groups is 1. The smallest absolute Gasteiger partial charge is 0.347 e. The van der Waals surface area contributed by atoms with Gasteiger partial charge in [-0.1, -0.05) is 10.4 Å². The van der Waals surface area contributed by atoms with Crippen LogP contribution in [0.2, 0.25) is 0 Å². The molecule has 15 nitrogen and oxygen atoms in total. The molecule has 0 aliphatic carbocycles. The molecule has 206 valence electrons. The average Bonchev–Trinajstić information content (AvgIpc) is 3.55. The summed E-state index contributed by atoms with van der Waals surface area (Å²) >= 11 is 2.72. The number of carbonyl (C=O) groups excluding carboxylic acids is 4. The van der Waals surface area contributed by atoms with Crippen molar-refractivity contribution in [2.75, 3.05) is 12.4 Å². The molecule has 0 unspecified atom stereocenters. The van der Waals surface area contributed by atoms with Crippen LogP contribution in [0.5, 0.6) is 0 Å². The van der Waals surface area contributed by atoms with Gasteiger partial charge in [0.15, 0.2) is 5.71 Å². The summed E-state index contributed by atoms with van der Waals surface area (Å²) in [5, 5.41) is 19.9. The van der Waals surface area contributed by atoms with E-state index in [4.69, 9.17) is 14.3 Å². The predicted octanol–water partition coefficient (Wildman–Crippen LogP) is -1.29. The van der Waals surface area contributed by atoms with E-state index in [9.17, 15) is 19.2 Å². The van der Waals surface area contributed by atoms with Gasteiger partial charge >= 0.3 is 11.9 Å². The normalized spacial score (nSPS) is 26.3. The number of amides is 2. The highest BCUT2D eigenvalue weighted by Gasteiger charge is 2.70. The molecular weight excluding hydrogens is 551 g/mol. The van der Waals surface area contributed by atoms with Crippen LogP contribution in [0.4, 0.5) is 0 Å². The number of β-lactam (4-membered cyclic amide) rings is 1. The van der Waals surface area contributed by atoms with Gasteiger partial charge in [0.05, 0.1) is 11.4 Å². The molecule has 5 heterocycles. The lowest BCUT2D eigenvalue weighted by Gasteiger charge is -2.57. The third kappa shape index (κ3) is 4.86. The fraction of sp³-hybridized carbons (Fsp3) is 0.571. The van der Waals surface area contributed by atoms with Crippen molar-refractivity contribution >= 4 is 60.5 Å². The number of hydrogen-bond acceptors (Lipinski definition) is 14. The van der Waals surface area contributed by atoms with Gasteiger partial charge in [0.2, 0.25) is 12.4 Å². The molecule has 39 heavy (non-hydrogen) atoms. The first-order chi connectivity index (χ1) is 18.4. The minimum atomic E-state index is -1.46. The number of thioether (sulfide) groups is 1. The first kappa shape index (κ1) is 27.0. The number of ether oxygens (including phenoxy) is 2. The Morgan fingerprint density at radius 2 is 2.13 bits per heavy atom. The van der Waals surface area contributed by atoms with Crippen molar-refractivity contribution in [2.45, 2.75) is 56.9 Å². The Bertz CT molecular complexity index is 1370. The van der Waals surface area contributed by atoms with Crippen molar-refractivity contribution < 1.29 is 33.5 Å². The van der Waals surface area contributed by atoms with Crippen LogP contribution < -0.4 is 5.32 Å². The number of aromatic nitrogens is 5. The molecule has 3 aliphatic heterocycles. The van der Waals surface area contributed by atoms with Gasteiger partial charge in [-0.15, -0.1) is 28.2 Å². The van der Waals surface area contributed by atoms with Gasteiger partial charge in [-0.2, -0.15) is 0 Å². The second kappa shape index (κ2) is 9.89. The number of rotatable bonds is 7. The lowest BCUT2D eigenvalue weighted by molar-refractivity contribution is -0.210. The molecule has 0 radical (unpaired) electrons. The van der Waals surface area contributed by atoms with E-state index < -0.39 is 53.1 Å². The molecule has 2 aromatic heterocycles. The molecule has 0 aromatic carbocycles. The number of fused-ring (bicyclic) bond motifs is 3. The van der Waals surface area contributed by atoms with E-state index in [1.54, 1.807) is 41.1 Å². The number of nitrogens with one attached hydrogen (secondary N) is 1. The lowest BCUT2D eigenvalue weighted by atomic mass is 9.88. The van der Waals surface area contributed by atoms with Crippen LogP contribution in [0.1, 0.15) is 43.7 Å². The number of esters is 2. The summed E-state index contributed by atoms with van der Waals surface area (Å²) in [7, 11) is 1.60. The Hall–Kier alpha value is -3.54. The zero-order chi connectivity index (χ0) is 28.1. The summed E-state index contributed by atoms with van der Waals surface area (Å²) in [4.78, 5) is 62.0. The molecule has 0 saturated carbocycles. The highest BCUT2D eigenvalue weighted by molar-refractivity contribution is 8.00. The van der Waals surface area contributed by atoms with E-state index >= 15 is 0 Å². The van der Waals surface area contributed by atoms with Gasteiger partial charge in [-0.25, -0.2) is 9.78 Å². The van der Waals surface area contributed by atoms with Crippen molar-refractivity contribution in [1.82, 2.24) is 35.3 Å². The summed E-state index contributed by atoms with van der Waals surface area (Å²) < 4.78 is 12.3. The molecule has 1 N–H and O–H groups in total. The van der Waals surface area contributed by atoms with Crippen LogP contribution in [0, 0.1) is 12.8 Å². The van der Waals surface area contributed by atoms with Crippen molar-refractivity contribution in [3.63, 3.8) is 0 Å². The van der Waals surface area contributed by atoms with E-state index in [0.29, 0.717) is 10.8 Å². The molecule has 5 rings (SSSR count). The first-order valence-corrected chi connectivity index (χ1v) is 13.9. The Morgan fingerprint density at radius 1 is 1.36 bits per heavy atom. The Kier molecular flexibility index (Phi) is 6.86. The first-order valence-electron chi connectivity index (χ1n) is 12.0. The summed E-state index contributed by atoms with van der Waals surface area (Å²) in [6.45, 7) is 6.39. The van der Waals surface area contributed by atoms with E-state index in [2.05, 4.69) is 31.0 Å². The Labute approximate surface area is 231 Å². The largest absolute Gasteiger partial charge is 0.457 e. The fourth-order valence-corrected chi connectivity index (χ4v) is 6.82. The zero-order valence-corrected chi connectivity index (χ0v) is 23.4. The van der Waals surface area contributed by atoms with Crippen LogP contribution in [0.25, 0.3) is 0 Å². The zero-order valence-electron chi connectivity index (χ0n) is 21.7. The van der Waals surface area contributed by atoms with E-state index in [-0.39, 0.29) is 29.6 Å². The van der Waals surface area contributed by atoms with Crippen molar-refractivity contribution in [1.29, 1.82) is 0 Å². The maximum atomic E-state index is 13.5. The summed E-state index contributed by atoms with van der Waals surface area (Å²) in [5.74, 6) is -1.95. The number of aryl methyl sites for hydroxylation is 1. The monoisotopic (exact) mass is 576 g/mol. The quantitative estimate of drug-likeness (QED) is 0.136. The van der Waals surface area contributed by atoms with Crippen molar-refractivity contribution in [3.8, 4) is 0 Å². The molecule has 0 spiro atoms. The van der Waals surface area contributed by atoms with Crippen LogP contribution in [0.3, 0.4) is 0 Å². The summed E-state index contributed by atoms with van der Waals surface area (Å²) in [6.07, 6.45) is 0.113. The second-order valence-corrected chi connectivity index (χ2v) is 12.3. The average molecular weight is 576 g/mol. The van der Waals surface area contributed by atoms with Crippen LogP contribution >= 0.6 is 23.1 Å². The lowest BCUT2D eigenvalue weighted by Crippen LogP contribution is -2.78. The number of hydrogen-bond donors (Lipinski definition) is 1. The van der Waals surface area contributed by atoms with Crippen LogP contribution in [-0.4, -0.2) is 96.8 Å². The summed E-state index contributed by atoms with van der Waals surface area (Å²) in [6, 6.07) is -0.948. The highest BCUT2D eigenvalue weighted by atomic mass is 32.2. The van der Waals surface area contributed by atoms with E-state index in [0.717, 1.165) is 0 Å². The van der Waals surface area contributed by atoms with Gasteiger partial charge in [-0.3, -0.25) is 23.9 Å². The van der Waals surface area contributed by atoms with Crippen molar-refractivity contribution in [3.05, 3.63) is 21.9 Å². The molecule has 18 heteroatoms. The molecule has 2 aromatic rings. The fourth-order valence-electron chi connectivity index (χ4n) is 4.67. The molecule has 0 bridgehead atoms. The number of nitrogens with zero attached hydrogens (tertiary/aromatic N) is 7. The molecule has 2 amide bonds. The van der Waals surface area contributed by atoms with Gasteiger partial charge in [0.1, 0.15) is 22.7 Å². The minimum absolute atomic E-state index is 0.113. The highest BCUT2D eigenvalue weighted by Crippen LogP contribution is 2.55. The SMILES string of the molecule is Bn1nnnc1[C@]12OC(=O)C[C@H]1CS[C@@H]1[C@H](NC(=O)/C(=N\OCC(=O)OC(C)(C)C)c3csc(C)n3)C(=O)N12.